The van der Waals surface area contributed by atoms with E-state index >= 15 is 0 Å². The summed E-state index contributed by atoms with van der Waals surface area (Å²) in [7, 11) is 0. The Morgan fingerprint density at radius 2 is 1.74 bits per heavy atom. The van der Waals surface area contributed by atoms with Gasteiger partial charge in [0, 0.05) is 23.2 Å². The molecule has 0 radical (unpaired) electrons. The van der Waals surface area contributed by atoms with Gasteiger partial charge in [0.1, 0.15) is 6.61 Å². The molecular formula is C27H23N3O5. The Kier molecular flexibility index (Phi) is 6.12. The predicted octanol–water partition coefficient (Wildman–Crippen LogP) is 2.33. The van der Waals surface area contributed by atoms with E-state index in [1.54, 1.807) is 41.3 Å². The fourth-order valence-corrected chi connectivity index (χ4v) is 4.41. The minimum atomic E-state index is -1.14. The molecule has 2 aliphatic rings. The summed E-state index contributed by atoms with van der Waals surface area (Å²) in [6.07, 6.45) is -0.586. The van der Waals surface area contributed by atoms with Gasteiger partial charge in [-0.15, -0.1) is 0 Å². The monoisotopic (exact) mass is 469 g/mol. The number of esters is 1. The second kappa shape index (κ2) is 9.52. The molecule has 2 N–H and O–H groups in total. The SMILES string of the molecule is O=C(NC1N=C(c2ccccc2)c2cc(C(=O)OCCO)cc3c2N(CC3)C1=O)c1ccccc1. The van der Waals surface area contributed by atoms with Crippen LogP contribution in [-0.2, 0) is 16.0 Å². The number of aliphatic hydroxyl groups excluding tert-OH is 1. The zero-order valence-corrected chi connectivity index (χ0v) is 18.8. The molecule has 1 unspecified atom stereocenters. The van der Waals surface area contributed by atoms with Crippen molar-refractivity contribution in [2.24, 2.45) is 4.99 Å². The molecule has 0 spiro atoms. The number of nitrogens with one attached hydrogen (secondary N) is 1. The molecule has 2 amide bonds. The lowest BCUT2D eigenvalue weighted by atomic mass is 9.95. The molecular weight excluding hydrogens is 446 g/mol. The number of aliphatic imine (C=N–C) groups is 1. The van der Waals surface area contributed by atoms with Crippen molar-refractivity contribution >= 4 is 29.2 Å². The highest BCUT2D eigenvalue weighted by molar-refractivity contribution is 6.22. The molecule has 0 bridgehead atoms. The minimum Gasteiger partial charge on any atom is -0.460 e. The van der Waals surface area contributed by atoms with Crippen LogP contribution in [0.15, 0.2) is 77.8 Å². The van der Waals surface area contributed by atoms with E-state index in [1.165, 1.54) is 0 Å². The number of aliphatic hydroxyl groups is 1. The first-order valence-electron chi connectivity index (χ1n) is 11.3. The third kappa shape index (κ3) is 4.31. The van der Waals surface area contributed by atoms with Gasteiger partial charge in [-0.25, -0.2) is 9.79 Å². The molecule has 0 fully saturated rings. The van der Waals surface area contributed by atoms with Gasteiger partial charge in [-0.2, -0.15) is 0 Å². The molecule has 2 aliphatic heterocycles. The van der Waals surface area contributed by atoms with Crippen molar-refractivity contribution in [2.45, 2.75) is 12.6 Å². The van der Waals surface area contributed by atoms with Gasteiger partial charge in [0.15, 0.2) is 0 Å². The van der Waals surface area contributed by atoms with Crippen LogP contribution in [-0.4, -0.2) is 54.5 Å². The molecule has 0 aromatic heterocycles. The number of carbonyl (C=O) groups is 3. The molecule has 0 aliphatic carbocycles. The van der Waals surface area contributed by atoms with Gasteiger partial charge in [-0.1, -0.05) is 48.5 Å². The first-order valence-corrected chi connectivity index (χ1v) is 11.3. The van der Waals surface area contributed by atoms with Crippen LogP contribution < -0.4 is 10.2 Å². The standard InChI is InChI=1S/C27H23N3O5/c31-13-14-35-27(34)20-15-19-11-12-30-23(19)21(16-20)22(17-7-3-1-4-8-17)28-24(26(30)33)29-25(32)18-9-5-2-6-10-18/h1-10,15-16,24,31H,11-14H2,(H,29,32). The van der Waals surface area contributed by atoms with Crippen LogP contribution in [0.1, 0.15) is 37.4 Å². The minimum absolute atomic E-state index is 0.108. The quantitative estimate of drug-likeness (QED) is 0.539. The summed E-state index contributed by atoms with van der Waals surface area (Å²) in [6, 6.07) is 21.4. The van der Waals surface area contributed by atoms with Crippen LogP contribution in [0.25, 0.3) is 0 Å². The summed E-state index contributed by atoms with van der Waals surface area (Å²) in [4.78, 5) is 45.4. The summed E-state index contributed by atoms with van der Waals surface area (Å²) in [6.45, 7) is 0.0278. The third-order valence-corrected chi connectivity index (χ3v) is 5.99. The molecule has 35 heavy (non-hydrogen) atoms. The van der Waals surface area contributed by atoms with Crippen molar-refractivity contribution in [3.8, 4) is 0 Å². The maximum Gasteiger partial charge on any atom is 0.338 e. The van der Waals surface area contributed by atoms with E-state index < -0.39 is 18.0 Å². The van der Waals surface area contributed by atoms with Gasteiger partial charge < -0.3 is 20.1 Å². The van der Waals surface area contributed by atoms with Gasteiger partial charge in [-0.3, -0.25) is 9.59 Å². The fraction of sp³-hybridized carbons (Fsp3) is 0.185. The summed E-state index contributed by atoms with van der Waals surface area (Å²) in [5, 5.41) is 11.8. The Morgan fingerprint density at radius 3 is 2.46 bits per heavy atom. The van der Waals surface area contributed by atoms with E-state index in [2.05, 4.69) is 5.32 Å². The number of rotatable bonds is 6. The Morgan fingerprint density at radius 1 is 1.03 bits per heavy atom. The molecule has 1 atom stereocenters. The van der Waals surface area contributed by atoms with Crippen LogP contribution in [0.4, 0.5) is 5.69 Å². The number of amides is 2. The lowest BCUT2D eigenvalue weighted by molar-refractivity contribution is -0.120. The molecule has 8 nitrogen and oxygen atoms in total. The fourth-order valence-electron chi connectivity index (χ4n) is 4.41. The van der Waals surface area contributed by atoms with E-state index in [9.17, 15) is 14.4 Å². The molecule has 2 heterocycles. The van der Waals surface area contributed by atoms with Crippen molar-refractivity contribution in [1.82, 2.24) is 5.32 Å². The second-order valence-electron chi connectivity index (χ2n) is 8.22. The smallest absolute Gasteiger partial charge is 0.338 e. The zero-order chi connectivity index (χ0) is 24.4. The highest BCUT2D eigenvalue weighted by atomic mass is 16.5. The number of nitrogens with zero attached hydrogens (tertiary/aromatic N) is 2. The number of carbonyl (C=O) groups excluding carboxylic acids is 3. The van der Waals surface area contributed by atoms with Gasteiger partial charge in [0.05, 0.1) is 23.6 Å². The number of hydrogen-bond donors (Lipinski definition) is 2. The van der Waals surface area contributed by atoms with Crippen molar-refractivity contribution < 1.29 is 24.2 Å². The predicted molar refractivity (Wildman–Crippen MR) is 130 cm³/mol. The van der Waals surface area contributed by atoms with E-state index in [-0.39, 0.29) is 19.1 Å². The van der Waals surface area contributed by atoms with Gasteiger partial charge >= 0.3 is 5.97 Å². The lowest BCUT2D eigenvalue weighted by Crippen LogP contribution is -2.46. The maximum atomic E-state index is 13.6. The molecule has 3 aromatic rings. The van der Waals surface area contributed by atoms with E-state index in [0.717, 1.165) is 11.1 Å². The Balaban J connectivity index is 1.62. The normalized spacial score (nSPS) is 16.3. The van der Waals surface area contributed by atoms with E-state index in [4.69, 9.17) is 14.8 Å². The van der Waals surface area contributed by atoms with Crippen LogP contribution >= 0.6 is 0 Å². The first kappa shape index (κ1) is 22.5. The summed E-state index contributed by atoms with van der Waals surface area (Å²) >= 11 is 0. The summed E-state index contributed by atoms with van der Waals surface area (Å²) < 4.78 is 5.13. The number of anilines is 1. The van der Waals surface area contributed by atoms with Crippen molar-refractivity contribution in [2.75, 3.05) is 24.7 Å². The van der Waals surface area contributed by atoms with Crippen molar-refractivity contribution in [3.63, 3.8) is 0 Å². The van der Waals surface area contributed by atoms with E-state index in [0.29, 0.717) is 41.1 Å². The Bertz CT molecular complexity index is 1320. The Hall–Kier alpha value is -4.30. The van der Waals surface area contributed by atoms with Gasteiger partial charge in [-0.05, 0) is 36.2 Å². The summed E-state index contributed by atoms with van der Waals surface area (Å²) in [5.41, 5.74) is 4.11. The second-order valence-corrected chi connectivity index (χ2v) is 8.22. The van der Waals surface area contributed by atoms with Crippen LogP contribution in [0.5, 0.6) is 0 Å². The average molecular weight is 469 g/mol. The maximum absolute atomic E-state index is 13.6. The summed E-state index contributed by atoms with van der Waals surface area (Å²) in [5.74, 6) is -1.30. The molecule has 3 aromatic carbocycles. The molecule has 0 saturated heterocycles. The van der Waals surface area contributed by atoms with Crippen molar-refractivity contribution in [3.05, 3.63) is 101 Å². The number of benzene rings is 3. The van der Waals surface area contributed by atoms with Gasteiger partial charge in [0.2, 0.25) is 6.17 Å². The average Bonchev–Trinajstić information content (AvgIpc) is 3.29. The van der Waals surface area contributed by atoms with E-state index in [1.807, 2.05) is 36.4 Å². The number of ether oxygens (including phenoxy) is 1. The van der Waals surface area contributed by atoms with Crippen LogP contribution in [0.3, 0.4) is 0 Å². The molecule has 0 saturated carbocycles. The highest BCUT2D eigenvalue weighted by Gasteiger charge is 2.38. The zero-order valence-electron chi connectivity index (χ0n) is 18.8. The largest absolute Gasteiger partial charge is 0.460 e. The third-order valence-electron chi connectivity index (χ3n) is 5.99. The van der Waals surface area contributed by atoms with Crippen LogP contribution in [0, 0.1) is 0 Å². The number of hydrogen-bond acceptors (Lipinski definition) is 6. The van der Waals surface area contributed by atoms with Gasteiger partial charge in [0.25, 0.3) is 11.8 Å². The highest BCUT2D eigenvalue weighted by Crippen LogP contribution is 2.37. The lowest BCUT2D eigenvalue weighted by Gasteiger charge is -2.21. The first-order chi connectivity index (χ1) is 17.1. The molecule has 176 valence electrons. The topological polar surface area (TPSA) is 108 Å². The Labute approximate surface area is 201 Å². The van der Waals surface area contributed by atoms with Crippen molar-refractivity contribution in [1.29, 1.82) is 0 Å². The molecule has 5 rings (SSSR count). The molecule has 8 heteroatoms. The van der Waals surface area contributed by atoms with Crippen LogP contribution in [0.2, 0.25) is 0 Å².